The number of hydrogen-bond acceptors (Lipinski definition) is 4. The van der Waals surface area contributed by atoms with E-state index in [2.05, 4.69) is 20.9 Å². The predicted octanol–water partition coefficient (Wildman–Crippen LogP) is 2.62. The molecule has 4 nitrogen and oxygen atoms in total. The molecule has 0 aliphatic carbocycles. The lowest BCUT2D eigenvalue weighted by Gasteiger charge is -2.17. The molecule has 4 heteroatoms. The highest BCUT2D eigenvalue weighted by molar-refractivity contribution is 5.61. The van der Waals surface area contributed by atoms with Gasteiger partial charge in [0, 0.05) is 18.7 Å². The van der Waals surface area contributed by atoms with E-state index >= 15 is 0 Å². The van der Waals surface area contributed by atoms with E-state index in [1.54, 1.807) is 6.20 Å². The molecule has 2 heterocycles. The van der Waals surface area contributed by atoms with Crippen molar-refractivity contribution in [3.05, 3.63) is 42.1 Å². The van der Waals surface area contributed by atoms with E-state index in [9.17, 15) is 5.26 Å². The summed E-state index contributed by atoms with van der Waals surface area (Å²) in [7, 11) is 0. The zero-order valence-electron chi connectivity index (χ0n) is 10.6. The molecule has 94 valence electrons. The molecule has 19 heavy (non-hydrogen) atoms. The van der Waals surface area contributed by atoms with E-state index < -0.39 is 0 Å². The van der Waals surface area contributed by atoms with Gasteiger partial charge in [0.15, 0.2) is 11.6 Å². The molecule has 0 amide bonds. The van der Waals surface area contributed by atoms with E-state index in [-0.39, 0.29) is 0 Å². The second-order valence-electron chi connectivity index (χ2n) is 4.60. The number of nitriles is 1. The molecule has 1 aliphatic rings. The summed E-state index contributed by atoms with van der Waals surface area (Å²) in [4.78, 5) is 11.1. The molecule has 1 aromatic carbocycles. The SMILES string of the molecule is N#Cc1cnc(-c2ccccc2)nc1N1CCCC1. The Bertz CT molecular complexity index is 610. The molecule has 0 N–H and O–H groups in total. The molecule has 0 saturated carbocycles. The topological polar surface area (TPSA) is 52.8 Å². The van der Waals surface area contributed by atoms with Crippen LogP contribution in [0.15, 0.2) is 36.5 Å². The average Bonchev–Trinajstić information content (AvgIpc) is 3.01. The normalized spacial score (nSPS) is 14.4. The summed E-state index contributed by atoms with van der Waals surface area (Å²) in [5, 5.41) is 9.18. The van der Waals surface area contributed by atoms with Crippen molar-refractivity contribution in [3.8, 4) is 17.5 Å². The summed E-state index contributed by atoms with van der Waals surface area (Å²) in [6.45, 7) is 1.94. The van der Waals surface area contributed by atoms with Crippen LogP contribution >= 0.6 is 0 Å². The molecule has 3 rings (SSSR count). The molecule has 1 saturated heterocycles. The van der Waals surface area contributed by atoms with Crippen LogP contribution in [0, 0.1) is 11.3 Å². The Balaban J connectivity index is 2.05. The van der Waals surface area contributed by atoms with Crippen LogP contribution in [0.25, 0.3) is 11.4 Å². The van der Waals surface area contributed by atoms with Gasteiger partial charge in [-0.2, -0.15) is 5.26 Å². The first kappa shape index (κ1) is 11.7. The standard InChI is InChI=1S/C15H14N4/c16-10-13-11-17-14(12-6-2-1-3-7-12)18-15(13)19-8-4-5-9-19/h1-3,6-7,11H,4-5,8-9H2. The van der Waals surface area contributed by atoms with Gasteiger partial charge in [0.05, 0.1) is 6.20 Å². The first-order valence-electron chi connectivity index (χ1n) is 6.46. The van der Waals surface area contributed by atoms with Crippen LogP contribution in [-0.4, -0.2) is 23.1 Å². The maximum Gasteiger partial charge on any atom is 0.161 e. The molecule has 2 aromatic rings. The lowest BCUT2D eigenvalue weighted by Crippen LogP contribution is -2.20. The van der Waals surface area contributed by atoms with E-state index in [1.807, 2.05) is 30.3 Å². The third-order valence-electron chi connectivity index (χ3n) is 3.33. The molecular weight excluding hydrogens is 236 g/mol. The minimum Gasteiger partial charge on any atom is -0.355 e. The van der Waals surface area contributed by atoms with Crippen LogP contribution in [0.2, 0.25) is 0 Å². The van der Waals surface area contributed by atoms with Crippen molar-refractivity contribution in [1.82, 2.24) is 9.97 Å². The molecule has 0 unspecified atom stereocenters. The lowest BCUT2D eigenvalue weighted by atomic mass is 10.2. The Labute approximate surface area is 112 Å². The lowest BCUT2D eigenvalue weighted by molar-refractivity contribution is 0.925. The van der Waals surface area contributed by atoms with Crippen molar-refractivity contribution in [1.29, 1.82) is 5.26 Å². The summed E-state index contributed by atoms with van der Waals surface area (Å²) in [5.74, 6) is 1.45. The molecule has 0 bridgehead atoms. The van der Waals surface area contributed by atoms with Gasteiger partial charge in [-0.15, -0.1) is 0 Å². The first-order valence-corrected chi connectivity index (χ1v) is 6.46. The summed E-state index contributed by atoms with van der Waals surface area (Å²) in [5.41, 5.74) is 1.54. The number of benzene rings is 1. The Kier molecular flexibility index (Phi) is 3.11. The van der Waals surface area contributed by atoms with Crippen LogP contribution in [0.3, 0.4) is 0 Å². The number of hydrogen-bond donors (Lipinski definition) is 0. The van der Waals surface area contributed by atoms with Gasteiger partial charge in [-0.1, -0.05) is 30.3 Å². The highest BCUT2D eigenvalue weighted by atomic mass is 15.2. The number of aromatic nitrogens is 2. The monoisotopic (exact) mass is 250 g/mol. The van der Waals surface area contributed by atoms with E-state index in [4.69, 9.17) is 0 Å². The molecule has 1 aliphatic heterocycles. The van der Waals surface area contributed by atoms with Crippen molar-refractivity contribution < 1.29 is 0 Å². The highest BCUT2D eigenvalue weighted by Crippen LogP contribution is 2.24. The Morgan fingerprint density at radius 3 is 2.53 bits per heavy atom. The van der Waals surface area contributed by atoms with Gasteiger partial charge in [0.25, 0.3) is 0 Å². The fraction of sp³-hybridized carbons (Fsp3) is 0.267. The first-order chi connectivity index (χ1) is 9.38. The maximum absolute atomic E-state index is 9.18. The number of rotatable bonds is 2. The Morgan fingerprint density at radius 2 is 1.84 bits per heavy atom. The molecule has 0 atom stereocenters. The maximum atomic E-state index is 9.18. The quantitative estimate of drug-likeness (QED) is 0.822. The van der Waals surface area contributed by atoms with E-state index in [0.717, 1.165) is 37.3 Å². The van der Waals surface area contributed by atoms with Gasteiger partial charge < -0.3 is 4.90 Å². The van der Waals surface area contributed by atoms with Crippen molar-refractivity contribution in [3.63, 3.8) is 0 Å². The van der Waals surface area contributed by atoms with Gasteiger partial charge in [-0.25, -0.2) is 9.97 Å². The largest absolute Gasteiger partial charge is 0.355 e. The summed E-state index contributed by atoms with van der Waals surface area (Å²) >= 11 is 0. The fourth-order valence-corrected chi connectivity index (χ4v) is 2.35. The Morgan fingerprint density at radius 1 is 1.11 bits per heavy atom. The molecule has 1 aromatic heterocycles. The van der Waals surface area contributed by atoms with Crippen molar-refractivity contribution >= 4 is 5.82 Å². The number of anilines is 1. The van der Waals surface area contributed by atoms with Crippen LogP contribution in [0.5, 0.6) is 0 Å². The average molecular weight is 250 g/mol. The molecule has 0 radical (unpaired) electrons. The molecular formula is C15H14N4. The third-order valence-corrected chi connectivity index (χ3v) is 3.33. The molecule has 0 spiro atoms. The zero-order chi connectivity index (χ0) is 13.1. The summed E-state index contributed by atoms with van der Waals surface area (Å²) in [6.07, 6.45) is 3.95. The van der Waals surface area contributed by atoms with Crippen LogP contribution < -0.4 is 4.90 Å². The Hall–Kier alpha value is -2.41. The van der Waals surface area contributed by atoms with Gasteiger partial charge in [0.1, 0.15) is 11.6 Å². The van der Waals surface area contributed by atoms with E-state index in [1.165, 1.54) is 0 Å². The van der Waals surface area contributed by atoms with Gasteiger partial charge in [-0.3, -0.25) is 0 Å². The van der Waals surface area contributed by atoms with Crippen LogP contribution in [0.1, 0.15) is 18.4 Å². The van der Waals surface area contributed by atoms with Crippen LogP contribution in [0.4, 0.5) is 5.82 Å². The van der Waals surface area contributed by atoms with Crippen molar-refractivity contribution in [2.45, 2.75) is 12.8 Å². The third kappa shape index (κ3) is 2.27. The minimum absolute atomic E-state index is 0.557. The smallest absolute Gasteiger partial charge is 0.161 e. The highest BCUT2D eigenvalue weighted by Gasteiger charge is 2.18. The summed E-state index contributed by atoms with van der Waals surface area (Å²) in [6, 6.07) is 12.0. The molecule has 1 fully saturated rings. The van der Waals surface area contributed by atoms with Gasteiger partial charge in [0.2, 0.25) is 0 Å². The summed E-state index contributed by atoms with van der Waals surface area (Å²) < 4.78 is 0. The van der Waals surface area contributed by atoms with Crippen molar-refractivity contribution in [2.24, 2.45) is 0 Å². The minimum atomic E-state index is 0.557. The van der Waals surface area contributed by atoms with Crippen molar-refractivity contribution in [2.75, 3.05) is 18.0 Å². The van der Waals surface area contributed by atoms with Gasteiger partial charge in [-0.05, 0) is 12.8 Å². The zero-order valence-corrected chi connectivity index (χ0v) is 10.6. The number of nitrogens with zero attached hydrogens (tertiary/aromatic N) is 4. The van der Waals surface area contributed by atoms with Crippen LogP contribution in [-0.2, 0) is 0 Å². The second kappa shape index (κ2) is 5.07. The predicted molar refractivity (Wildman–Crippen MR) is 73.6 cm³/mol. The second-order valence-corrected chi connectivity index (χ2v) is 4.60. The van der Waals surface area contributed by atoms with Gasteiger partial charge >= 0.3 is 0 Å². The van der Waals surface area contributed by atoms with E-state index in [0.29, 0.717) is 11.4 Å². The fourth-order valence-electron chi connectivity index (χ4n) is 2.35.